The zero-order valence-electron chi connectivity index (χ0n) is 17.7. The summed E-state index contributed by atoms with van der Waals surface area (Å²) in [6.45, 7) is 10.8. The maximum absolute atomic E-state index is 13.2. The van der Waals surface area contributed by atoms with Gasteiger partial charge < -0.3 is 4.74 Å². The Labute approximate surface area is 189 Å². The molecule has 0 aliphatic heterocycles. The van der Waals surface area contributed by atoms with Crippen LogP contribution in [0.1, 0.15) is 51.9 Å². The molecule has 5 nitrogen and oxygen atoms in total. The van der Waals surface area contributed by atoms with Crippen molar-refractivity contribution in [2.24, 2.45) is 10.5 Å². The molecule has 0 radical (unpaired) electrons. The van der Waals surface area contributed by atoms with Crippen LogP contribution in [0.2, 0.25) is 5.02 Å². The molecule has 30 heavy (non-hydrogen) atoms. The molecule has 0 unspecified atom stereocenters. The average molecular weight is 491 g/mol. The molecule has 0 N–H and O–H groups in total. The molecule has 0 spiro atoms. The Kier molecular flexibility index (Phi) is 6.68. The quantitative estimate of drug-likeness (QED) is 0.398. The number of ether oxygens (including phenoxy) is 1. The molecular formula is C23H25BrClN3O2. The first-order valence-electron chi connectivity index (χ1n) is 9.74. The van der Waals surface area contributed by atoms with Crippen LogP contribution in [0.25, 0.3) is 10.9 Å². The van der Waals surface area contributed by atoms with E-state index in [0.717, 1.165) is 4.47 Å². The van der Waals surface area contributed by atoms with Gasteiger partial charge in [-0.05, 0) is 41.8 Å². The van der Waals surface area contributed by atoms with Gasteiger partial charge in [-0.2, -0.15) is 9.78 Å². The predicted octanol–water partition coefficient (Wildman–Crippen LogP) is 6.24. The van der Waals surface area contributed by atoms with Gasteiger partial charge in [0.25, 0.3) is 5.56 Å². The molecule has 0 atom stereocenters. The molecule has 7 heteroatoms. The lowest BCUT2D eigenvalue weighted by molar-refractivity contribution is 0.197. The van der Waals surface area contributed by atoms with Crippen molar-refractivity contribution in [2.75, 3.05) is 6.61 Å². The van der Waals surface area contributed by atoms with E-state index in [0.29, 0.717) is 39.7 Å². The third kappa shape index (κ3) is 5.29. The van der Waals surface area contributed by atoms with E-state index in [-0.39, 0.29) is 16.9 Å². The van der Waals surface area contributed by atoms with Crippen LogP contribution in [-0.2, 0) is 0 Å². The molecular weight excluding hydrogens is 466 g/mol. The van der Waals surface area contributed by atoms with Gasteiger partial charge >= 0.3 is 0 Å². The molecule has 0 bridgehead atoms. The number of nitrogens with zero attached hydrogens (tertiary/aromatic N) is 3. The van der Waals surface area contributed by atoms with Gasteiger partial charge in [0, 0.05) is 21.0 Å². The van der Waals surface area contributed by atoms with E-state index in [9.17, 15) is 4.79 Å². The van der Waals surface area contributed by atoms with E-state index >= 15 is 0 Å². The fourth-order valence-corrected chi connectivity index (χ4v) is 3.36. The third-order valence-electron chi connectivity index (χ3n) is 4.29. The molecule has 0 amide bonds. The number of halogens is 2. The SMILES string of the molecule is CC(C)c1nc2ccc(Br)cc2c(=O)n1N=Cc1cc(Cl)ccc1OCC(C)(C)C. The summed E-state index contributed by atoms with van der Waals surface area (Å²) in [6.07, 6.45) is 1.60. The van der Waals surface area contributed by atoms with Crippen molar-refractivity contribution < 1.29 is 4.74 Å². The second-order valence-electron chi connectivity index (χ2n) is 8.68. The average Bonchev–Trinajstić information content (AvgIpc) is 2.66. The summed E-state index contributed by atoms with van der Waals surface area (Å²) in [6, 6.07) is 10.8. The van der Waals surface area contributed by atoms with E-state index < -0.39 is 0 Å². The van der Waals surface area contributed by atoms with Gasteiger partial charge in [-0.1, -0.05) is 62.1 Å². The zero-order chi connectivity index (χ0) is 22.1. The molecule has 3 aromatic rings. The Morgan fingerprint density at radius 2 is 1.97 bits per heavy atom. The first-order valence-corrected chi connectivity index (χ1v) is 10.9. The lowest BCUT2D eigenvalue weighted by Gasteiger charge is -2.20. The normalized spacial score (nSPS) is 12.3. The summed E-state index contributed by atoms with van der Waals surface area (Å²) >= 11 is 9.61. The van der Waals surface area contributed by atoms with E-state index in [4.69, 9.17) is 16.3 Å². The molecule has 0 aliphatic carbocycles. The number of aromatic nitrogens is 2. The minimum absolute atomic E-state index is 0.00541. The van der Waals surface area contributed by atoms with Crippen LogP contribution in [0, 0.1) is 5.41 Å². The predicted molar refractivity (Wildman–Crippen MR) is 127 cm³/mol. The molecule has 0 saturated heterocycles. The van der Waals surface area contributed by atoms with Gasteiger partial charge in [0.15, 0.2) is 0 Å². The maximum atomic E-state index is 13.2. The van der Waals surface area contributed by atoms with Crippen LogP contribution in [-0.4, -0.2) is 22.5 Å². The fourth-order valence-electron chi connectivity index (χ4n) is 2.82. The van der Waals surface area contributed by atoms with Gasteiger partial charge in [-0.3, -0.25) is 4.79 Å². The number of benzene rings is 2. The lowest BCUT2D eigenvalue weighted by atomic mass is 9.99. The van der Waals surface area contributed by atoms with E-state index in [1.807, 2.05) is 32.0 Å². The monoisotopic (exact) mass is 489 g/mol. The maximum Gasteiger partial charge on any atom is 0.282 e. The molecule has 0 fully saturated rings. The highest BCUT2D eigenvalue weighted by Crippen LogP contribution is 2.24. The zero-order valence-corrected chi connectivity index (χ0v) is 20.1. The molecule has 0 saturated carbocycles. The molecule has 1 heterocycles. The largest absolute Gasteiger partial charge is 0.492 e. The van der Waals surface area contributed by atoms with Gasteiger partial charge in [-0.15, -0.1) is 0 Å². The minimum atomic E-state index is -0.222. The Hall–Kier alpha value is -2.18. The van der Waals surface area contributed by atoms with Crippen molar-refractivity contribution >= 4 is 44.6 Å². The smallest absolute Gasteiger partial charge is 0.282 e. The molecule has 2 aromatic carbocycles. The summed E-state index contributed by atoms with van der Waals surface area (Å²) in [5.41, 5.74) is 1.13. The number of hydrogen-bond acceptors (Lipinski definition) is 4. The summed E-state index contributed by atoms with van der Waals surface area (Å²) in [7, 11) is 0. The van der Waals surface area contributed by atoms with Crippen LogP contribution in [0.5, 0.6) is 5.75 Å². The Morgan fingerprint density at radius 1 is 1.23 bits per heavy atom. The highest BCUT2D eigenvalue weighted by atomic mass is 79.9. The number of hydrogen-bond donors (Lipinski definition) is 0. The Morgan fingerprint density at radius 3 is 2.63 bits per heavy atom. The van der Waals surface area contributed by atoms with Gasteiger partial charge in [-0.25, -0.2) is 4.98 Å². The summed E-state index contributed by atoms with van der Waals surface area (Å²) < 4.78 is 8.15. The highest BCUT2D eigenvalue weighted by Gasteiger charge is 2.15. The van der Waals surface area contributed by atoms with Crippen molar-refractivity contribution in [3.8, 4) is 5.75 Å². The summed E-state index contributed by atoms with van der Waals surface area (Å²) in [5, 5.41) is 5.55. The van der Waals surface area contributed by atoms with Crippen LogP contribution in [0.4, 0.5) is 0 Å². The van der Waals surface area contributed by atoms with Gasteiger partial charge in [0.1, 0.15) is 11.6 Å². The summed E-state index contributed by atoms with van der Waals surface area (Å²) in [5.74, 6) is 1.26. The van der Waals surface area contributed by atoms with Crippen LogP contribution in [0.15, 0.2) is 50.8 Å². The molecule has 3 rings (SSSR count). The molecule has 158 valence electrons. The van der Waals surface area contributed by atoms with Crippen LogP contribution >= 0.6 is 27.5 Å². The van der Waals surface area contributed by atoms with Gasteiger partial charge in [0.2, 0.25) is 0 Å². The first-order chi connectivity index (χ1) is 14.0. The Bertz CT molecular complexity index is 1160. The highest BCUT2D eigenvalue weighted by molar-refractivity contribution is 9.10. The van der Waals surface area contributed by atoms with Crippen LogP contribution in [0.3, 0.4) is 0 Å². The second-order valence-corrected chi connectivity index (χ2v) is 10.0. The second kappa shape index (κ2) is 8.90. The van der Waals surface area contributed by atoms with Crippen LogP contribution < -0.4 is 10.3 Å². The minimum Gasteiger partial charge on any atom is -0.492 e. The third-order valence-corrected chi connectivity index (χ3v) is 5.02. The van der Waals surface area contributed by atoms with Crippen molar-refractivity contribution in [2.45, 2.75) is 40.5 Å². The first kappa shape index (κ1) is 22.5. The molecule has 1 aromatic heterocycles. The van der Waals surface area contributed by atoms with Crippen molar-refractivity contribution in [3.05, 3.63) is 67.6 Å². The topological polar surface area (TPSA) is 56.5 Å². The van der Waals surface area contributed by atoms with E-state index in [1.165, 1.54) is 4.68 Å². The summed E-state index contributed by atoms with van der Waals surface area (Å²) in [4.78, 5) is 17.8. The fraction of sp³-hybridized carbons (Fsp3) is 0.348. The Balaban J connectivity index is 2.10. The van der Waals surface area contributed by atoms with Crippen molar-refractivity contribution in [1.29, 1.82) is 0 Å². The van der Waals surface area contributed by atoms with Crippen molar-refractivity contribution in [3.63, 3.8) is 0 Å². The lowest BCUT2D eigenvalue weighted by Crippen LogP contribution is -2.23. The number of rotatable bonds is 5. The standard InChI is InChI=1S/C23H25BrClN3O2/c1-14(2)21-27-19-8-6-16(24)11-18(19)22(29)28(21)26-12-15-10-17(25)7-9-20(15)30-13-23(3,4)5/h6-12,14H,13H2,1-5H3. The molecule has 0 aliphatic rings. The number of fused-ring (bicyclic) bond motifs is 1. The van der Waals surface area contributed by atoms with Crippen molar-refractivity contribution in [1.82, 2.24) is 9.66 Å². The van der Waals surface area contributed by atoms with Gasteiger partial charge in [0.05, 0.1) is 23.7 Å². The van der Waals surface area contributed by atoms with E-state index in [2.05, 4.69) is 46.8 Å². The van der Waals surface area contributed by atoms with E-state index in [1.54, 1.807) is 24.4 Å².